The van der Waals surface area contributed by atoms with Crippen molar-refractivity contribution >= 4 is 0 Å². The van der Waals surface area contributed by atoms with Gasteiger partial charge in [-0.15, -0.1) is 0 Å². The molecule has 0 radical (unpaired) electrons. The Hall–Kier alpha value is -2.07. The molecule has 2 rings (SSSR count). The van der Waals surface area contributed by atoms with E-state index in [2.05, 4.69) is 19.1 Å². The number of ether oxygens (including phenoxy) is 2. The fraction of sp³-hybridized carbons (Fsp3) is 0.429. The predicted molar refractivity (Wildman–Crippen MR) is 99.9 cm³/mol. The Labute approximate surface area is 150 Å². The van der Waals surface area contributed by atoms with Gasteiger partial charge in [-0.2, -0.15) is 0 Å². The summed E-state index contributed by atoms with van der Waals surface area (Å²) >= 11 is 0. The lowest BCUT2D eigenvalue weighted by molar-refractivity contribution is 0.309. The molecule has 1 atom stereocenters. The van der Waals surface area contributed by atoms with Gasteiger partial charge in [-0.3, -0.25) is 0 Å². The maximum atomic E-state index is 14.1. The van der Waals surface area contributed by atoms with E-state index in [-0.39, 0.29) is 17.5 Å². The van der Waals surface area contributed by atoms with Gasteiger partial charge >= 0.3 is 0 Å². The lowest BCUT2D eigenvalue weighted by Gasteiger charge is -2.17. The molecule has 0 bridgehead atoms. The molecule has 0 fully saturated rings. The molecule has 1 unspecified atom stereocenters. The van der Waals surface area contributed by atoms with Crippen LogP contribution in [0, 0.1) is 5.82 Å². The van der Waals surface area contributed by atoms with E-state index in [1.54, 1.807) is 6.07 Å². The third-order valence-corrected chi connectivity index (χ3v) is 4.18. The second-order valence-corrected chi connectivity index (χ2v) is 6.11. The van der Waals surface area contributed by atoms with Gasteiger partial charge in [-0.25, -0.2) is 4.39 Å². The first-order valence-corrected chi connectivity index (χ1v) is 9.02. The summed E-state index contributed by atoms with van der Waals surface area (Å²) in [6.07, 6.45) is 2.94. The fourth-order valence-electron chi connectivity index (χ4n) is 2.72. The quantitative estimate of drug-likeness (QED) is 0.636. The lowest BCUT2D eigenvalue weighted by Crippen LogP contribution is -2.15. The first kappa shape index (κ1) is 19.3. The van der Waals surface area contributed by atoms with Crippen molar-refractivity contribution in [3.8, 4) is 11.5 Å². The number of hydrogen-bond acceptors (Lipinski definition) is 3. The third kappa shape index (κ3) is 5.75. The summed E-state index contributed by atoms with van der Waals surface area (Å²) < 4.78 is 25.0. The van der Waals surface area contributed by atoms with E-state index in [1.165, 1.54) is 6.07 Å². The Morgan fingerprint density at radius 3 is 2.40 bits per heavy atom. The number of hydrogen-bond donors (Lipinski definition) is 1. The van der Waals surface area contributed by atoms with Crippen LogP contribution in [-0.4, -0.2) is 19.8 Å². The molecule has 0 heterocycles. The Bertz CT molecular complexity index is 643. The van der Waals surface area contributed by atoms with Gasteiger partial charge in [-0.1, -0.05) is 31.5 Å². The van der Waals surface area contributed by atoms with E-state index in [9.17, 15) is 4.39 Å². The van der Waals surface area contributed by atoms with Crippen LogP contribution in [0.1, 0.15) is 43.7 Å². The predicted octanol–water partition coefficient (Wildman–Crippen LogP) is 4.69. The summed E-state index contributed by atoms with van der Waals surface area (Å²) in [6.45, 7) is 5.63. The second-order valence-electron chi connectivity index (χ2n) is 6.11. The minimum Gasteiger partial charge on any atom is -0.494 e. The fourth-order valence-corrected chi connectivity index (χ4v) is 2.72. The highest BCUT2D eigenvalue weighted by molar-refractivity contribution is 5.34. The van der Waals surface area contributed by atoms with Crippen LogP contribution in [-0.2, 0) is 6.42 Å². The van der Waals surface area contributed by atoms with Gasteiger partial charge in [-0.05, 0) is 61.7 Å². The van der Waals surface area contributed by atoms with Crippen molar-refractivity contribution in [1.29, 1.82) is 0 Å². The minimum absolute atomic E-state index is 0.0667. The normalized spacial score (nSPS) is 12.0. The average Bonchev–Trinajstić information content (AvgIpc) is 2.63. The van der Waals surface area contributed by atoms with Gasteiger partial charge in [0.2, 0.25) is 0 Å². The molecule has 0 spiro atoms. The van der Waals surface area contributed by atoms with Crippen LogP contribution in [0.25, 0.3) is 0 Å². The first-order valence-electron chi connectivity index (χ1n) is 9.02. The summed E-state index contributed by atoms with van der Waals surface area (Å²) in [6, 6.07) is 13.2. The van der Waals surface area contributed by atoms with Crippen LogP contribution in [0.5, 0.6) is 11.5 Å². The van der Waals surface area contributed by atoms with E-state index in [0.29, 0.717) is 13.2 Å². The zero-order valence-corrected chi connectivity index (χ0v) is 15.1. The van der Waals surface area contributed by atoms with Crippen molar-refractivity contribution < 1.29 is 13.9 Å². The number of halogens is 1. The highest BCUT2D eigenvalue weighted by Gasteiger charge is 2.14. The van der Waals surface area contributed by atoms with Gasteiger partial charge in [0.1, 0.15) is 5.75 Å². The third-order valence-electron chi connectivity index (χ3n) is 4.18. The van der Waals surface area contributed by atoms with Crippen molar-refractivity contribution in [2.45, 2.75) is 39.0 Å². The molecule has 0 aliphatic heterocycles. The Kier molecular flexibility index (Phi) is 7.74. The number of nitrogens with two attached hydrogens (primary N) is 1. The topological polar surface area (TPSA) is 44.5 Å². The van der Waals surface area contributed by atoms with Crippen LogP contribution in [0.4, 0.5) is 4.39 Å². The van der Waals surface area contributed by atoms with E-state index < -0.39 is 0 Å². The van der Waals surface area contributed by atoms with E-state index >= 15 is 0 Å². The molecule has 2 aromatic rings. The zero-order valence-electron chi connectivity index (χ0n) is 15.1. The van der Waals surface area contributed by atoms with E-state index in [0.717, 1.165) is 42.7 Å². The molecule has 3 nitrogen and oxygen atoms in total. The molecule has 0 aliphatic carbocycles. The molecule has 0 saturated carbocycles. The Balaban J connectivity index is 2.02. The van der Waals surface area contributed by atoms with Crippen LogP contribution < -0.4 is 15.2 Å². The molecular formula is C21H28FNO2. The van der Waals surface area contributed by atoms with Crippen molar-refractivity contribution in [2.24, 2.45) is 5.73 Å². The van der Waals surface area contributed by atoms with Gasteiger partial charge in [0.05, 0.1) is 13.2 Å². The van der Waals surface area contributed by atoms with Gasteiger partial charge in [0.25, 0.3) is 0 Å². The minimum atomic E-state index is -0.336. The first-order chi connectivity index (χ1) is 12.2. The van der Waals surface area contributed by atoms with Crippen LogP contribution in [0.15, 0.2) is 42.5 Å². The van der Waals surface area contributed by atoms with Crippen LogP contribution in [0.2, 0.25) is 0 Å². The molecule has 25 heavy (non-hydrogen) atoms. The SMILES string of the molecule is CCCCOc1ccc(CC(CN)c2ccc(OCC)c(F)c2)cc1. The van der Waals surface area contributed by atoms with E-state index in [1.807, 2.05) is 25.1 Å². The van der Waals surface area contributed by atoms with Crippen molar-refractivity contribution in [1.82, 2.24) is 0 Å². The molecule has 2 N–H and O–H groups in total. The molecule has 4 heteroatoms. The smallest absolute Gasteiger partial charge is 0.165 e. The molecule has 136 valence electrons. The second kappa shape index (κ2) is 10.0. The molecule has 0 amide bonds. The number of benzene rings is 2. The van der Waals surface area contributed by atoms with Crippen molar-refractivity contribution in [3.63, 3.8) is 0 Å². The molecule has 0 saturated heterocycles. The van der Waals surface area contributed by atoms with Gasteiger partial charge in [0.15, 0.2) is 11.6 Å². The summed E-state index contributed by atoms with van der Waals surface area (Å²) in [5.74, 6) is 0.902. The van der Waals surface area contributed by atoms with Gasteiger partial charge < -0.3 is 15.2 Å². The molecule has 0 aromatic heterocycles. The van der Waals surface area contributed by atoms with Crippen LogP contribution in [0.3, 0.4) is 0 Å². The van der Waals surface area contributed by atoms with Crippen molar-refractivity contribution in [2.75, 3.05) is 19.8 Å². The highest BCUT2D eigenvalue weighted by Crippen LogP contribution is 2.26. The molecular weight excluding hydrogens is 317 g/mol. The summed E-state index contributed by atoms with van der Waals surface area (Å²) in [5.41, 5.74) is 7.99. The number of rotatable bonds is 10. The summed E-state index contributed by atoms with van der Waals surface area (Å²) in [4.78, 5) is 0. The monoisotopic (exact) mass is 345 g/mol. The Morgan fingerprint density at radius 1 is 1.04 bits per heavy atom. The maximum absolute atomic E-state index is 14.1. The van der Waals surface area contributed by atoms with Crippen LogP contribution >= 0.6 is 0 Å². The summed E-state index contributed by atoms with van der Waals surface area (Å²) in [7, 11) is 0. The number of unbranched alkanes of at least 4 members (excludes halogenated alkanes) is 1. The van der Waals surface area contributed by atoms with Crippen molar-refractivity contribution in [3.05, 3.63) is 59.4 Å². The lowest BCUT2D eigenvalue weighted by atomic mass is 9.92. The summed E-state index contributed by atoms with van der Waals surface area (Å²) in [5, 5.41) is 0. The molecule has 2 aromatic carbocycles. The van der Waals surface area contributed by atoms with E-state index in [4.69, 9.17) is 15.2 Å². The van der Waals surface area contributed by atoms with Gasteiger partial charge in [0, 0.05) is 5.92 Å². The standard InChI is InChI=1S/C21H28FNO2/c1-3-5-12-25-19-9-6-16(7-10-19)13-18(15-23)17-8-11-21(24-4-2)20(22)14-17/h6-11,14,18H,3-5,12-13,15,23H2,1-2H3. The Morgan fingerprint density at radius 2 is 1.80 bits per heavy atom. The largest absolute Gasteiger partial charge is 0.494 e. The average molecular weight is 345 g/mol. The highest BCUT2D eigenvalue weighted by atomic mass is 19.1. The molecule has 0 aliphatic rings. The zero-order chi connectivity index (χ0) is 18.1. The maximum Gasteiger partial charge on any atom is 0.165 e.